The Kier molecular flexibility index (Phi) is 35.1. The van der Waals surface area contributed by atoms with Gasteiger partial charge in [-0.05, 0) is 62.8 Å². The SMILES string of the molecule is COC(=O)CCCCCO[C@H]1O[C@H](C)[C@@H](NC(=O)[C@H]2CCO[C@@H](c3ccccc3)O2)[C@H](OCc2ccccc2)[C@@H]1O[C@H]1O[C@H](C)[C@@H](NC(=O)[C@H]2CCO[C@@H](c3ccccc3)O2)[C@H](OCc2ccccc2)[C@@H]1O[C@H]1O[C@H](C)[C@@H](NC(=O)[C@H]2CCO[C@@H](c3ccccc3)O2)[C@H](OCc2ccccc2)[C@@H]1O[C@H]1O[C@H](C)[C@@H](NC(=O)[C@H]2CCO[C@@H](c3ccccc3)O2)[C@H](OCc2ccccc2)[C@@H]1O. The predicted octanol–water partition coefficient (Wildman–Crippen LogP) is 11.5. The lowest BCUT2D eigenvalue weighted by Gasteiger charge is -2.52. The van der Waals surface area contributed by atoms with Crippen molar-refractivity contribution >= 4 is 29.6 Å². The molecule has 0 spiro atoms. The van der Waals surface area contributed by atoms with Gasteiger partial charge in [-0.15, -0.1) is 0 Å². The summed E-state index contributed by atoms with van der Waals surface area (Å²) in [5.41, 5.74) is 5.76. The number of methoxy groups -OCH3 is 1. The summed E-state index contributed by atoms with van der Waals surface area (Å²) in [6, 6.07) is 70.4. The van der Waals surface area contributed by atoms with Crippen LogP contribution in [0.4, 0.5) is 0 Å². The van der Waals surface area contributed by atoms with E-state index in [9.17, 15) is 14.7 Å². The van der Waals surface area contributed by atoms with Gasteiger partial charge in [-0.2, -0.15) is 0 Å². The lowest BCUT2D eigenvalue weighted by molar-refractivity contribution is -0.394. The van der Waals surface area contributed by atoms with E-state index in [2.05, 4.69) is 21.3 Å². The highest BCUT2D eigenvalue weighted by molar-refractivity contribution is 5.83. The monoisotopic (exact) mass is 1850 g/mol. The molecule has 8 aliphatic rings. The van der Waals surface area contributed by atoms with Gasteiger partial charge in [-0.25, -0.2) is 0 Å². The first-order valence-electron chi connectivity index (χ1n) is 46.6. The Morgan fingerprint density at radius 1 is 0.306 bits per heavy atom. The fourth-order valence-electron chi connectivity index (χ4n) is 18.0. The van der Waals surface area contributed by atoms with E-state index < -0.39 is 196 Å². The van der Waals surface area contributed by atoms with Gasteiger partial charge in [0.05, 0.1) is 109 Å². The molecule has 8 aliphatic heterocycles. The zero-order valence-corrected chi connectivity index (χ0v) is 75.8. The number of benzene rings is 8. The van der Waals surface area contributed by atoms with Gasteiger partial charge in [0.25, 0.3) is 0 Å². The molecule has 8 aromatic carbocycles. The molecular formula is C103H122N4O27. The summed E-state index contributed by atoms with van der Waals surface area (Å²) in [4.78, 5) is 74.1. The van der Waals surface area contributed by atoms with Crippen molar-refractivity contribution in [2.24, 2.45) is 0 Å². The molecule has 0 radical (unpaired) electrons. The minimum atomic E-state index is -1.78. The molecule has 31 nitrogen and oxygen atoms in total. The number of unbranched alkanes of at least 4 members (excludes halogenated alkanes) is 2. The standard InChI is InChI=1S/C103H122N4O27/c1-63-80(104-92(110)75-50-55-116-96(128-75)71-41-23-10-24-42-71)85(120-59-67-33-15-6-16-34-67)84(109)100(124-63)132-90-87(122-61-69-37-19-8-20-38-69)82(106-94(112)77-52-57-118-98(130-77)73-45-27-12-28-46-73)65(3)126-102(90)134-91-88(123-62-70-39-21-9-22-40-70)83(107-95(113)78-53-58-119-99(131-78)74-47-29-13-30-48-74)66(4)127-103(91)133-89-86(121-60-68-35-17-7-18-36-68)81(64(2)125-101(89)115-54-32-14-31-49-79(108)114-5)105-93(111)76-51-56-117-97(129-76)72-43-25-11-26-44-72/h6-13,15-30,33-48,63-66,75-78,80-91,96-103,109H,14,31-32,49-62H2,1-5H3,(H,104,110)(H,105,111)(H,106,112)(H,107,113)/t63-,64-,65-,66-,75-,76-,77-,78-,80-,81-,82-,83-,84+,85+,86+,87+,88+,89+,90+,91+,96-,97-,98-,99-,100-,101+,102-,103-/m1/s1. The third-order valence-corrected chi connectivity index (χ3v) is 25.2. The van der Waals surface area contributed by atoms with Crippen LogP contribution < -0.4 is 21.3 Å². The summed E-state index contributed by atoms with van der Waals surface area (Å²) in [5, 5.41) is 26.7. The van der Waals surface area contributed by atoms with Crippen LogP contribution in [0.25, 0.3) is 0 Å². The molecule has 8 aromatic rings. The lowest BCUT2D eigenvalue weighted by Crippen LogP contribution is -2.71. The average molecular weight is 1850 g/mol. The number of nitrogens with one attached hydrogen (secondary N) is 4. The Labute approximate surface area is 780 Å². The van der Waals surface area contributed by atoms with Crippen LogP contribution in [-0.4, -0.2) is 222 Å². The summed E-state index contributed by atoms with van der Waals surface area (Å²) in [6.45, 7) is 7.51. The second-order valence-corrected chi connectivity index (χ2v) is 34.7. The number of aliphatic hydroxyl groups is 1. The quantitative estimate of drug-likeness (QED) is 0.0178. The van der Waals surface area contributed by atoms with E-state index in [4.69, 9.17) is 99.5 Å². The van der Waals surface area contributed by atoms with Crippen molar-refractivity contribution in [2.45, 2.75) is 278 Å². The maximum atomic E-state index is 15.7. The van der Waals surface area contributed by atoms with Crippen LogP contribution in [0.1, 0.15) is 149 Å². The van der Waals surface area contributed by atoms with Crippen LogP contribution >= 0.6 is 0 Å². The first-order valence-corrected chi connectivity index (χ1v) is 46.6. The summed E-state index contributed by atoms with van der Waals surface area (Å²) in [5.74, 6) is -2.45. The summed E-state index contributed by atoms with van der Waals surface area (Å²) >= 11 is 0. The first-order chi connectivity index (χ1) is 65.5. The van der Waals surface area contributed by atoms with Crippen molar-refractivity contribution in [3.8, 4) is 0 Å². The minimum Gasteiger partial charge on any atom is -0.469 e. The normalized spacial score (nSPS) is 32.3. The van der Waals surface area contributed by atoms with E-state index in [1.54, 1.807) is 27.7 Å². The zero-order chi connectivity index (χ0) is 92.7. The van der Waals surface area contributed by atoms with Gasteiger partial charge >= 0.3 is 5.97 Å². The van der Waals surface area contributed by atoms with Crippen molar-refractivity contribution in [1.82, 2.24) is 21.3 Å². The molecule has 0 aromatic heterocycles. The van der Waals surface area contributed by atoms with Gasteiger partial charge in [0.15, 0.2) is 50.3 Å². The number of carbonyl (C=O) groups is 5. The van der Waals surface area contributed by atoms with Crippen molar-refractivity contribution in [1.29, 1.82) is 0 Å². The molecule has 5 N–H and O–H groups in total. The molecule has 0 unspecified atom stereocenters. The van der Waals surface area contributed by atoms with Gasteiger partial charge in [0.2, 0.25) is 23.6 Å². The highest BCUT2D eigenvalue weighted by atomic mass is 16.8. The van der Waals surface area contributed by atoms with Gasteiger partial charge in [-0.3, -0.25) is 24.0 Å². The fourth-order valence-corrected chi connectivity index (χ4v) is 18.0. The van der Waals surface area contributed by atoms with E-state index in [0.29, 0.717) is 41.5 Å². The second-order valence-electron chi connectivity index (χ2n) is 34.7. The number of hydrogen-bond donors (Lipinski definition) is 5. The van der Waals surface area contributed by atoms with E-state index in [1.807, 2.05) is 243 Å². The lowest BCUT2D eigenvalue weighted by atomic mass is 9.92. The highest BCUT2D eigenvalue weighted by Crippen LogP contribution is 2.42. The topological polar surface area (TPSA) is 348 Å². The third kappa shape index (κ3) is 25.6. The van der Waals surface area contributed by atoms with Crippen LogP contribution in [0.15, 0.2) is 243 Å². The van der Waals surface area contributed by atoms with Gasteiger partial charge < -0.3 is 126 Å². The number of rotatable bonds is 37. The summed E-state index contributed by atoms with van der Waals surface area (Å²) in [6.07, 6.45) is -27.7. The van der Waals surface area contributed by atoms with Crippen molar-refractivity contribution < 1.29 is 129 Å². The van der Waals surface area contributed by atoms with Gasteiger partial charge in [-0.1, -0.05) is 249 Å². The Morgan fingerprint density at radius 3 is 0.873 bits per heavy atom. The molecule has 16 rings (SSSR count). The molecule has 8 saturated heterocycles. The average Bonchev–Trinajstić information content (AvgIpc) is 0.759. The number of aliphatic hydroxyl groups excluding tert-OH is 1. The number of carbonyl (C=O) groups excluding carboxylic acids is 5. The van der Waals surface area contributed by atoms with Gasteiger partial charge in [0.1, 0.15) is 73.2 Å². The Bertz CT molecular complexity index is 4930. The maximum absolute atomic E-state index is 15.7. The first kappa shape index (κ1) is 97.4. The van der Waals surface area contributed by atoms with Crippen LogP contribution in [0.3, 0.4) is 0 Å². The number of amides is 4. The smallest absolute Gasteiger partial charge is 0.305 e. The molecule has 8 heterocycles. The molecule has 716 valence electrons. The van der Waals surface area contributed by atoms with Crippen LogP contribution in [-0.2, 0) is 150 Å². The Morgan fingerprint density at radius 2 is 0.567 bits per heavy atom. The number of ether oxygens (including phenoxy) is 21. The molecule has 0 saturated carbocycles. The molecule has 0 aliphatic carbocycles. The van der Waals surface area contributed by atoms with Crippen molar-refractivity contribution in [3.63, 3.8) is 0 Å². The Hall–Kier alpha value is -9.73. The summed E-state index contributed by atoms with van der Waals surface area (Å²) in [7, 11) is 1.35. The largest absolute Gasteiger partial charge is 0.469 e. The fraction of sp³-hybridized carbons (Fsp3) is 0.485. The van der Waals surface area contributed by atoms with Crippen molar-refractivity contribution in [2.75, 3.05) is 40.1 Å². The van der Waals surface area contributed by atoms with Crippen molar-refractivity contribution in [3.05, 3.63) is 287 Å². The van der Waals surface area contributed by atoms with Crippen LogP contribution in [0.5, 0.6) is 0 Å². The molecule has 0 bridgehead atoms. The minimum absolute atomic E-state index is 0.0333. The summed E-state index contributed by atoms with van der Waals surface area (Å²) < 4.78 is 143. The van der Waals surface area contributed by atoms with Gasteiger partial charge in [0, 0.05) is 61.0 Å². The molecule has 28 atom stereocenters. The molecule has 4 amide bonds. The van der Waals surface area contributed by atoms with Crippen LogP contribution in [0, 0.1) is 0 Å². The third-order valence-electron chi connectivity index (χ3n) is 25.2. The van der Waals surface area contributed by atoms with E-state index in [0.717, 1.165) is 22.3 Å². The highest BCUT2D eigenvalue weighted by Gasteiger charge is 2.59. The number of esters is 1. The second kappa shape index (κ2) is 48.3. The molecular weight excluding hydrogens is 1730 g/mol. The molecule has 31 heteroatoms. The molecule has 8 fully saturated rings. The Balaban J connectivity index is 0.812. The van der Waals surface area contributed by atoms with E-state index >= 15 is 14.4 Å². The van der Waals surface area contributed by atoms with E-state index in [1.165, 1.54) is 7.11 Å². The van der Waals surface area contributed by atoms with Crippen LogP contribution in [0.2, 0.25) is 0 Å². The number of hydrogen-bond acceptors (Lipinski definition) is 27. The maximum Gasteiger partial charge on any atom is 0.305 e. The molecule has 134 heavy (non-hydrogen) atoms. The zero-order valence-electron chi connectivity index (χ0n) is 75.8. The predicted molar refractivity (Wildman–Crippen MR) is 481 cm³/mol. The van der Waals surface area contributed by atoms with E-state index in [-0.39, 0.29) is 97.5 Å².